The summed E-state index contributed by atoms with van der Waals surface area (Å²) in [6.45, 7) is 0. The van der Waals surface area contributed by atoms with E-state index in [-0.39, 0.29) is 0 Å². The fraction of sp³-hybridized carbons (Fsp3) is 0. The number of anilines is 3. The second-order valence-electron chi connectivity index (χ2n) is 15.0. The normalized spacial score (nSPS) is 11.1. The molecule has 1 nitrogen and oxygen atoms in total. The number of nitrogens with zero attached hydrogens (tertiary/aromatic N) is 1. The Kier molecular flexibility index (Phi) is 9.68. The Morgan fingerprint density at radius 1 is 0.220 bits per heavy atom. The van der Waals surface area contributed by atoms with E-state index in [0.29, 0.717) is 0 Å². The van der Waals surface area contributed by atoms with Crippen molar-refractivity contribution in [2.75, 3.05) is 4.90 Å². The molecule has 0 N–H and O–H groups in total. The zero-order valence-corrected chi connectivity index (χ0v) is 32.6. The van der Waals surface area contributed by atoms with Gasteiger partial charge in [-0.1, -0.05) is 200 Å². The van der Waals surface area contributed by atoms with Crippen molar-refractivity contribution in [3.63, 3.8) is 0 Å². The number of benzene rings is 10. The second-order valence-corrected chi connectivity index (χ2v) is 15.0. The minimum absolute atomic E-state index is 1.08. The fourth-order valence-electron chi connectivity index (χ4n) is 8.30. The molecule has 59 heavy (non-hydrogen) atoms. The summed E-state index contributed by atoms with van der Waals surface area (Å²) in [4.78, 5) is 2.43. The van der Waals surface area contributed by atoms with Crippen LogP contribution in [0.2, 0.25) is 0 Å². The fourth-order valence-corrected chi connectivity index (χ4v) is 8.30. The minimum atomic E-state index is 1.08. The molecule has 0 unspecified atom stereocenters. The van der Waals surface area contributed by atoms with Crippen molar-refractivity contribution in [3.8, 4) is 66.8 Å². The molecule has 0 aromatic heterocycles. The van der Waals surface area contributed by atoms with E-state index < -0.39 is 0 Å². The van der Waals surface area contributed by atoms with Crippen LogP contribution in [0.4, 0.5) is 17.1 Å². The summed E-state index contributed by atoms with van der Waals surface area (Å²) in [5, 5.41) is 2.47. The molecule has 0 aliphatic heterocycles. The van der Waals surface area contributed by atoms with Crippen molar-refractivity contribution in [2.24, 2.45) is 0 Å². The van der Waals surface area contributed by atoms with Crippen molar-refractivity contribution in [1.82, 2.24) is 0 Å². The molecule has 0 radical (unpaired) electrons. The highest BCUT2D eigenvalue weighted by atomic mass is 15.1. The Morgan fingerprint density at radius 2 is 0.678 bits per heavy atom. The first kappa shape index (κ1) is 35.7. The van der Waals surface area contributed by atoms with Crippen LogP contribution in [-0.4, -0.2) is 0 Å². The second kappa shape index (κ2) is 16.0. The molecule has 0 fully saturated rings. The van der Waals surface area contributed by atoms with Gasteiger partial charge in [0.2, 0.25) is 0 Å². The van der Waals surface area contributed by atoms with E-state index in [1.54, 1.807) is 0 Å². The van der Waals surface area contributed by atoms with Crippen molar-refractivity contribution in [3.05, 3.63) is 249 Å². The predicted molar refractivity (Wildman–Crippen MR) is 251 cm³/mol. The van der Waals surface area contributed by atoms with Gasteiger partial charge in [0.05, 0.1) is 5.69 Å². The Hall–Kier alpha value is -7.74. The molecule has 0 saturated heterocycles. The van der Waals surface area contributed by atoms with Gasteiger partial charge in [-0.15, -0.1) is 0 Å². The predicted octanol–water partition coefficient (Wildman–Crippen LogP) is 16.3. The maximum absolute atomic E-state index is 2.43. The smallest absolute Gasteiger partial charge is 0.0546 e. The van der Waals surface area contributed by atoms with E-state index in [1.165, 1.54) is 66.4 Å². The number of fused-ring (bicyclic) bond motifs is 1. The van der Waals surface area contributed by atoms with Crippen molar-refractivity contribution in [1.29, 1.82) is 0 Å². The van der Waals surface area contributed by atoms with Gasteiger partial charge >= 0.3 is 0 Å². The first-order valence-corrected chi connectivity index (χ1v) is 20.2. The zero-order valence-electron chi connectivity index (χ0n) is 32.6. The van der Waals surface area contributed by atoms with Gasteiger partial charge in [0.15, 0.2) is 0 Å². The zero-order chi connectivity index (χ0) is 39.4. The van der Waals surface area contributed by atoms with Gasteiger partial charge in [-0.05, 0) is 121 Å². The molecular formula is C58H41N. The number of hydrogen-bond donors (Lipinski definition) is 0. The lowest BCUT2D eigenvalue weighted by atomic mass is 9.93. The van der Waals surface area contributed by atoms with E-state index in [0.717, 1.165) is 28.2 Å². The molecule has 0 amide bonds. The van der Waals surface area contributed by atoms with E-state index in [1.807, 2.05) is 0 Å². The largest absolute Gasteiger partial charge is 0.310 e. The lowest BCUT2D eigenvalue weighted by molar-refractivity contribution is 1.28. The SMILES string of the molecule is c1ccc(-c2cc(-c3ccccc3)cc(-c3ccc(N(c4cccc(-c5ccccc5)c4)c4cc(-c5cccc6ccccc56)ccc4-c4ccccc4)cc3)c2)cc1. The molecule has 0 atom stereocenters. The Labute approximate surface area is 346 Å². The van der Waals surface area contributed by atoms with Gasteiger partial charge in [0.25, 0.3) is 0 Å². The third-order valence-corrected chi connectivity index (χ3v) is 11.2. The third-order valence-electron chi connectivity index (χ3n) is 11.2. The monoisotopic (exact) mass is 751 g/mol. The Morgan fingerprint density at radius 3 is 1.29 bits per heavy atom. The lowest BCUT2D eigenvalue weighted by Crippen LogP contribution is -2.11. The molecule has 1 heteroatoms. The van der Waals surface area contributed by atoms with Crippen LogP contribution >= 0.6 is 0 Å². The van der Waals surface area contributed by atoms with Crippen molar-refractivity contribution in [2.45, 2.75) is 0 Å². The Bertz CT molecular complexity index is 2940. The molecule has 10 aromatic rings. The van der Waals surface area contributed by atoms with Gasteiger partial charge < -0.3 is 4.90 Å². The van der Waals surface area contributed by atoms with Gasteiger partial charge in [0.1, 0.15) is 0 Å². The summed E-state index contributed by atoms with van der Waals surface area (Å²) in [6.07, 6.45) is 0. The first-order valence-electron chi connectivity index (χ1n) is 20.2. The van der Waals surface area contributed by atoms with E-state index in [4.69, 9.17) is 0 Å². The maximum atomic E-state index is 2.43. The van der Waals surface area contributed by atoms with Crippen LogP contribution in [0.25, 0.3) is 77.5 Å². The number of rotatable bonds is 9. The minimum Gasteiger partial charge on any atom is -0.310 e. The topological polar surface area (TPSA) is 3.24 Å². The van der Waals surface area contributed by atoms with E-state index in [9.17, 15) is 0 Å². The standard InChI is InChI=1S/C58H41N/c1-5-17-42(18-6-1)48-27-15-28-54(40-48)59(58-41-49(33-36-57(58)47-23-11-4-12-24-47)56-30-16-26-46-25-13-14-29-55(46)56)53-34-31-45(32-35-53)52-38-50(43-19-7-2-8-20-43)37-51(39-52)44-21-9-3-10-22-44/h1-41H. The van der Waals surface area contributed by atoms with Crippen LogP contribution < -0.4 is 4.90 Å². The summed E-state index contributed by atoms with van der Waals surface area (Å²) < 4.78 is 0. The average Bonchev–Trinajstić information content (AvgIpc) is 3.33. The molecule has 10 aromatic carbocycles. The molecule has 0 aliphatic rings. The van der Waals surface area contributed by atoms with Crippen LogP contribution in [0.1, 0.15) is 0 Å². The lowest BCUT2D eigenvalue weighted by Gasteiger charge is -2.29. The van der Waals surface area contributed by atoms with E-state index >= 15 is 0 Å². The van der Waals surface area contributed by atoms with Gasteiger partial charge in [-0.2, -0.15) is 0 Å². The van der Waals surface area contributed by atoms with Crippen LogP contribution in [0.5, 0.6) is 0 Å². The van der Waals surface area contributed by atoms with Crippen LogP contribution in [0.15, 0.2) is 249 Å². The summed E-state index contributed by atoms with van der Waals surface area (Å²) in [6, 6.07) is 90.0. The molecule has 0 saturated carbocycles. The average molecular weight is 752 g/mol. The quantitative estimate of drug-likeness (QED) is 0.142. The first-order chi connectivity index (χ1) is 29.2. The van der Waals surface area contributed by atoms with E-state index in [2.05, 4.69) is 254 Å². The summed E-state index contributed by atoms with van der Waals surface area (Å²) in [7, 11) is 0. The molecule has 10 rings (SSSR count). The summed E-state index contributed by atoms with van der Waals surface area (Å²) in [5.41, 5.74) is 17.5. The van der Waals surface area contributed by atoms with Crippen LogP contribution in [0.3, 0.4) is 0 Å². The molecule has 0 bridgehead atoms. The molecule has 0 heterocycles. The van der Waals surface area contributed by atoms with Gasteiger partial charge in [-0.25, -0.2) is 0 Å². The number of hydrogen-bond acceptors (Lipinski definition) is 1. The molecule has 0 spiro atoms. The highest BCUT2D eigenvalue weighted by Crippen LogP contribution is 2.45. The van der Waals surface area contributed by atoms with Crippen molar-refractivity contribution < 1.29 is 0 Å². The summed E-state index contributed by atoms with van der Waals surface area (Å²) >= 11 is 0. The van der Waals surface area contributed by atoms with Gasteiger partial charge in [-0.3, -0.25) is 0 Å². The van der Waals surface area contributed by atoms with Crippen molar-refractivity contribution >= 4 is 27.8 Å². The summed E-state index contributed by atoms with van der Waals surface area (Å²) in [5.74, 6) is 0. The highest BCUT2D eigenvalue weighted by Gasteiger charge is 2.20. The van der Waals surface area contributed by atoms with Gasteiger partial charge in [0, 0.05) is 16.9 Å². The third kappa shape index (κ3) is 7.34. The molecule has 278 valence electrons. The highest BCUT2D eigenvalue weighted by molar-refractivity contribution is 5.99. The molecule has 0 aliphatic carbocycles. The maximum Gasteiger partial charge on any atom is 0.0546 e. The van der Waals surface area contributed by atoms with Crippen LogP contribution in [0, 0.1) is 0 Å². The Balaban J connectivity index is 1.16. The molecular weight excluding hydrogens is 711 g/mol. The van der Waals surface area contributed by atoms with Crippen LogP contribution in [-0.2, 0) is 0 Å².